The molecule has 0 saturated carbocycles. The van der Waals surface area contributed by atoms with Crippen LogP contribution in [0.4, 0.5) is 0 Å². The zero-order chi connectivity index (χ0) is 10.0. The smallest absolute Gasteiger partial charge is 0.169 e. The highest BCUT2D eigenvalue weighted by atomic mass is 32.1. The number of nitrogens with zero attached hydrogens (tertiary/aromatic N) is 1. The van der Waals surface area contributed by atoms with Gasteiger partial charge < -0.3 is 10.2 Å². The molecule has 0 radical (unpaired) electrons. The monoisotopic (exact) mass is 200 g/mol. The van der Waals surface area contributed by atoms with Crippen molar-refractivity contribution in [1.29, 1.82) is 0 Å². The van der Waals surface area contributed by atoms with Crippen molar-refractivity contribution in [2.45, 2.75) is 46.2 Å². The Morgan fingerprint density at radius 2 is 2.08 bits per heavy atom. The Labute approximate surface area is 86.7 Å². The molecule has 3 heteroatoms. The van der Waals surface area contributed by atoms with E-state index in [1.807, 2.05) is 0 Å². The highest BCUT2D eigenvalue weighted by Gasteiger charge is 2.27. The first-order valence-electron chi connectivity index (χ1n) is 5.07. The van der Waals surface area contributed by atoms with Gasteiger partial charge in [-0.2, -0.15) is 0 Å². The first-order valence-corrected chi connectivity index (χ1v) is 5.48. The first kappa shape index (κ1) is 10.8. The number of nitrogens with one attached hydrogen (secondary N) is 1. The lowest BCUT2D eigenvalue weighted by molar-refractivity contribution is 0.400. The molecular formula is C10H20N2S. The predicted molar refractivity (Wildman–Crippen MR) is 60.8 cm³/mol. The van der Waals surface area contributed by atoms with Crippen molar-refractivity contribution in [3.63, 3.8) is 0 Å². The van der Waals surface area contributed by atoms with Crippen molar-refractivity contribution in [1.82, 2.24) is 10.2 Å². The molecule has 2 atom stereocenters. The zero-order valence-electron chi connectivity index (χ0n) is 9.00. The van der Waals surface area contributed by atoms with Gasteiger partial charge in [0.2, 0.25) is 0 Å². The molecule has 13 heavy (non-hydrogen) atoms. The summed E-state index contributed by atoms with van der Waals surface area (Å²) in [5, 5.41) is 4.22. The summed E-state index contributed by atoms with van der Waals surface area (Å²) in [7, 11) is 0. The average molecular weight is 200 g/mol. The summed E-state index contributed by atoms with van der Waals surface area (Å²) < 4.78 is 0. The molecule has 0 aliphatic carbocycles. The zero-order valence-corrected chi connectivity index (χ0v) is 9.82. The van der Waals surface area contributed by atoms with Crippen LogP contribution in [0, 0.1) is 5.92 Å². The van der Waals surface area contributed by atoms with Gasteiger partial charge in [-0.05, 0) is 45.3 Å². The predicted octanol–water partition coefficient (Wildman–Crippen LogP) is 2.00. The molecule has 1 rings (SSSR count). The minimum Gasteiger partial charge on any atom is -0.360 e. The van der Waals surface area contributed by atoms with Crippen molar-refractivity contribution >= 4 is 17.3 Å². The molecule has 0 aromatic rings. The van der Waals surface area contributed by atoms with E-state index in [-0.39, 0.29) is 0 Å². The van der Waals surface area contributed by atoms with Crippen molar-refractivity contribution in [2.24, 2.45) is 5.92 Å². The molecule has 0 bridgehead atoms. The Morgan fingerprint density at radius 3 is 2.46 bits per heavy atom. The second-order valence-corrected chi connectivity index (χ2v) is 4.83. The van der Waals surface area contributed by atoms with Gasteiger partial charge in [0.25, 0.3) is 0 Å². The van der Waals surface area contributed by atoms with Gasteiger partial charge in [-0.25, -0.2) is 0 Å². The van der Waals surface area contributed by atoms with Gasteiger partial charge in [0.1, 0.15) is 0 Å². The molecule has 0 amide bonds. The fourth-order valence-electron chi connectivity index (χ4n) is 1.91. The molecule has 1 aliphatic heterocycles. The topological polar surface area (TPSA) is 15.3 Å². The lowest BCUT2D eigenvalue weighted by Crippen LogP contribution is -2.44. The molecule has 76 valence electrons. The SMILES string of the molecule is CC1CC(C)N(C(=S)NC(C)C)C1. The van der Waals surface area contributed by atoms with Crippen LogP contribution < -0.4 is 5.32 Å². The fraction of sp³-hybridized carbons (Fsp3) is 0.900. The van der Waals surface area contributed by atoms with Gasteiger partial charge in [0.05, 0.1) is 0 Å². The lowest BCUT2D eigenvalue weighted by Gasteiger charge is -2.26. The maximum absolute atomic E-state index is 5.33. The number of hydrogen-bond acceptors (Lipinski definition) is 1. The van der Waals surface area contributed by atoms with Crippen molar-refractivity contribution in [3.8, 4) is 0 Å². The minimum atomic E-state index is 0.440. The summed E-state index contributed by atoms with van der Waals surface area (Å²) in [6, 6.07) is 1.05. The van der Waals surface area contributed by atoms with Gasteiger partial charge >= 0.3 is 0 Å². The third-order valence-electron chi connectivity index (χ3n) is 2.46. The Kier molecular flexibility index (Phi) is 3.54. The normalized spacial score (nSPS) is 28.2. The maximum Gasteiger partial charge on any atom is 0.169 e. The summed E-state index contributed by atoms with van der Waals surface area (Å²) in [6.07, 6.45) is 1.26. The Morgan fingerprint density at radius 1 is 1.46 bits per heavy atom. The van der Waals surface area contributed by atoms with E-state index >= 15 is 0 Å². The molecule has 1 fully saturated rings. The Bertz CT molecular complexity index is 191. The quantitative estimate of drug-likeness (QED) is 0.652. The second-order valence-electron chi connectivity index (χ2n) is 4.45. The summed E-state index contributed by atoms with van der Waals surface area (Å²) in [6.45, 7) is 9.89. The summed E-state index contributed by atoms with van der Waals surface area (Å²) in [4.78, 5) is 2.31. The van der Waals surface area contributed by atoms with Gasteiger partial charge in [-0.1, -0.05) is 6.92 Å². The molecule has 1 saturated heterocycles. The molecule has 1 heterocycles. The van der Waals surface area contributed by atoms with Gasteiger partial charge in [-0.3, -0.25) is 0 Å². The second kappa shape index (κ2) is 4.27. The number of likely N-dealkylation sites (tertiary alicyclic amines) is 1. The largest absolute Gasteiger partial charge is 0.360 e. The lowest BCUT2D eigenvalue weighted by atomic mass is 10.1. The van der Waals surface area contributed by atoms with E-state index in [9.17, 15) is 0 Å². The van der Waals surface area contributed by atoms with E-state index in [0.717, 1.165) is 17.6 Å². The first-order chi connectivity index (χ1) is 6.00. The van der Waals surface area contributed by atoms with Crippen LogP contribution in [0.5, 0.6) is 0 Å². The third-order valence-corrected chi connectivity index (χ3v) is 2.81. The molecule has 0 spiro atoms. The molecular weight excluding hydrogens is 180 g/mol. The third kappa shape index (κ3) is 2.83. The molecule has 0 aromatic carbocycles. The van der Waals surface area contributed by atoms with Gasteiger partial charge in [0, 0.05) is 18.6 Å². The van der Waals surface area contributed by atoms with E-state index in [1.165, 1.54) is 6.42 Å². The summed E-state index contributed by atoms with van der Waals surface area (Å²) in [5.74, 6) is 0.780. The van der Waals surface area contributed by atoms with Crippen LogP contribution >= 0.6 is 12.2 Å². The van der Waals surface area contributed by atoms with Crippen molar-refractivity contribution < 1.29 is 0 Å². The highest BCUT2D eigenvalue weighted by molar-refractivity contribution is 7.80. The number of hydrogen-bond donors (Lipinski definition) is 1. The molecule has 0 aromatic heterocycles. The van der Waals surface area contributed by atoms with Crippen LogP contribution in [0.15, 0.2) is 0 Å². The Hall–Kier alpha value is -0.310. The van der Waals surface area contributed by atoms with Crippen molar-refractivity contribution in [2.75, 3.05) is 6.54 Å². The van der Waals surface area contributed by atoms with Crippen LogP contribution in [-0.4, -0.2) is 28.6 Å². The fourth-order valence-corrected chi connectivity index (χ4v) is 2.40. The van der Waals surface area contributed by atoms with E-state index < -0.39 is 0 Å². The van der Waals surface area contributed by atoms with Gasteiger partial charge in [0.15, 0.2) is 5.11 Å². The number of rotatable bonds is 1. The van der Waals surface area contributed by atoms with Crippen LogP contribution in [0.3, 0.4) is 0 Å². The Balaban J connectivity index is 2.47. The molecule has 2 nitrogen and oxygen atoms in total. The van der Waals surface area contributed by atoms with Crippen LogP contribution in [0.25, 0.3) is 0 Å². The number of thiocarbonyl (C=S) groups is 1. The van der Waals surface area contributed by atoms with Gasteiger partial charge in [-0.15, -0.1) is 0 Å². The summed E-state index contributed by atoms with van der Waals surface area (Å²) >= 11 is 5.33. The van der Waals surface area contributed by atoms with E-state index in [4.69, 9.17) is 12.2 Å². The minimum absolute atomic E-state index is 0.440. The maximum atomic E-state index is 5.33. The molecule has 1 N–H and O–H groups in total. The van der Waals surface area contributed by atoms with Crippen molar-refractivity contribution in [3.05, 3.63) is 0 Å². The van der Waals surface area contributed by atoms with Crippen LogP contribution in [0.1, 0.15) is 34.1 Å². The van der Waals surface area contributed by atoms with E-state index in [2.05, 4.69) is 37.9 Å². The standard InChI is InChI=1S/C10H20N2S/c1-7(2)11-10(13)12-6-8(3)5-9(12)4/h7-9H,5-6H2,1-4H3,(H,11,13). The average Bonchev–Trinajstić information content (AvgIpc) is 2.28. The van der Waals surface area contributed by atoms with E-state index in [1.54, 1.807) is 0 Å². The van der Waals surface area contributed by atoms with Crippen LogP contribution in [-0.2, 0) is 0 Å². The summed E-state index contributed by atoms with van der Waals surface area (Å²) in [5.41, 5.74) is 0. The highest BCUT2D eigenvalue weighted by Crippen LogP contribution is 2.22. The van der Waals surface area contributed by atoms with E-state index in [0.29, 0.717) is 12.1 Å². The molecule has 2 unspecified atom stereocenters. The van der Waals surface area contributed by atoms with Crippen LogP contribution in [0.2, 0.25) is 0 Å². The molecule has 1 aliphatic rings.